The molecule has 0 radical (unpaired) electrons. The van der Waals surface area contributed by atoms with Gasteiger partial charge in [0.15, 0.2) is 6.04 Å². The van der Waals surface area contributed by atoms with Gasteiger partial charge in [-0.05, 0) is 31.5 Å². The normalized spacial score (nSPS) is 23.3. The molecule has 1 amide bonds. The second-order valence-corrected chi connectivity index (χ2v) is 8.45. The minimum Gasteiger partial charge on any atom is -0.508 e. The number of amides is 1. The highest BCUT2D eigenvalue weighted by Crippen LogP contribution is 2.39. The lowest BCUT2D eigenvalue weighted by Gasteiger charge is -2.24. The molecule has 1 aromatic carbocycles. The molecule has 6 N–H and O–H groups in total. The summed E-state index contributed by atoms with van der Waals surface area (Å²) in [5.41, 5.74) is 6.39. The Kier molecular flexibility index (Phi) is 6.34. The summed E-state index contributed by atoms with van der Waals surface area (Å²) < 4.78 is 4.06. The van der Waals surface area contributed by atoms with Gasteiger partial charge in [0.25, 0.3) is 0 Å². The smallest absolute Gasteiger partial charge is 0.330 e. The van der Waals surface area contributed by atoms with Gasteiger partial charge in [-0.3, -0.25) is 14.9 Å². The van der Waals surface area contributed by atoms with Crippen LogP contribution in [0.1, 0.15) is 25.5 Å². The van der Waals surface area contributed by atoms with Crippen molar-refractivity contribution < 1.29 is 29.3 Å². The molecule has 0 aromatic heterocycles. The van der Waals surface area contributed by atoms with E-state index in [0.29, 0.717) is 5.56 Å². The third-order valence-electron chi connectivity index (χ3n) is 4.29. The second kappa shape index (κ2) is 8.15. The van der Waals surface area contributed by atoms with Gasteiger partial charge in [0.2, 0.25) is 5.91 Å². The Labute approximate surface area is 160 Å². The first-order chi connectivity index (χ1) is 12.6. The molecular formula is C17H23N3O6S. The van der Waals surface area contributed by atoms with Crippen LogP contribution in [0.15, 0.2) is 24.3 Å². The van der Waals surface area contributed by atoms with Crippen molar-refractivity contribution >= 4 is 29.6 Å². The summed E-state index contributed by atoms with van der Waals surface area (Å²) in [7, 11) is 1.18. The number of esters is 1. The number of thioether (sulfide) groups is 1. The zero-order chi connectivity index (χ0) is 20.4. The minimum atomic E-state index is -1.13. The summed E-state index contributed by atoms with van der Waals surface area (Å²) in [6.45, 7) is 3.48. The molecule has 148 valence electrons. The van der Waals surface area contributed by atoms with Gasteiger partial charge in [-0.2, -0.15) is 0 Å². The van der Waals surface area contributed by atoms with Crippen LogP contribution in [0.2, 0.25) is 0 Å². The molecule has 1 aliphatic heterocycles. The molecule has 0 unspecified atom stereocenters. The molecule has 1 heterocycles. The maximum absolute atomic E-state index is 12.5. The van der Waals surface area contributed by atoms with Crippen LogP contribution < -0.4 is 16.4 Å². The van der Waals surface area contributed by atoms with E-state index in [0.717, 1.165) is 0 Å². The number of carbonyl (C=O) groups is 3. The molecule has 27 heavy (non-hydrogen) atoms. The van der Waals surface area contributed by atoms with Gasteiger partial charge in [-0.25, -0.2) is 4.79 Å². The van der Waals surface area contributed by atoms with Crippen molar-refractivity contribution in [2.24, 2.45) is 5.73 Å². The molecule has 0 aliphatic carbocycles. The van der Waals surface area contributed by atoms with E-state index in [4.69, 9.17) is 10.5 Å². The first-order valence-electron chi connectivity index (χ1n) is 8.16. The number of carboxylic acids is 1. The minimum absolute atomic E-state index is 0.0345. The highest BCUT2D eigenvalue weighted by atomic mass is 32.2. The molecule has 1 fully saturated rings. The number of benzene rings is 1. The lowest BCUT2D eigenvalue weighted by atomic mass is 10.0. The summed E-state index contributed by atoms with van der Waals surface area (Å²) in [4.78, 5) is 36.2. The number of nitrogens with one attached hydrogen (secondary N) is 2. The van der Waals surface area contributed by atoms with Gasteiger partial charge in [-0.15, -0.1) is 11.8 Å². The average molecular weight is 397 g/mol. The van der Waals surface area contributed by atoms with Gasteiger partial charge in [0, 0.05) is 4.75 Å². The molecular weight excluding hydrogens is 374 g/mol. The van der Waals surface area contributed by atoms with Crippen molar-refractivity contribution in [2.45, 2.75) is 42.1 Å². The number of carboxylic acid groups (broad SMARTS) is 1. The number of phenolic OH excluding ortho intramolecular Hbond substituents is 1. The number of rotatable bonds is 6. The quantitative estimate of drug-likeness (QED) is 0.416. The zero-order valence-electron chi connectivity index (χ0n) is 15.1. The van der Waals surface area contributed by atoms with Crippen LogP contribution in [0.4, 0.5) is 0 Å². The Bertz CT molecular complexity index is 724. The predicted molar refractivity (Wildman–Crippen MR) is 99.0 cm³/mol. The van der Waals surface area contributed by atoms with E-state index in [1.807, 2.05) is 0 Å². The fourth-order valence-corrected chi connectivity index (χ4v) is 4.27. The van der Waals surface area contributed by atoms with Crippen LogP contribution in [0.3, 0.4) is 0 Å². The van der Waals surface area contributed by atoms with Crippen LogP contribution in [0.5, 0.6) is 5.75 Å². The van der Waals surface area contributed by atoms with Crippen molar-refractivity contribution in [2.75, 3.05) is 7.11 Å². The number of ether oxygens (including phenoxy) is 1. The number of nitrogens with two attached hydrogens (primary N) is 1. The lowest BCUT2D eigenvalue weighted by Crippen LogP contribution is -2.55. The van der Waals surface area contributed by atoms with Crippen molar-refractivity contribution in [1.82, 2.24) is 10.6 Å². The number of hydrogen-bond acceptors (Lipinski definition) is 8. The van der Waals surface area contributed by atoms with E-state index >= 15 is 0 Å². The third-order valence-corrected chi connectivity index (χ3v) is 5.80. The highest BCUT2D eigenvalue weighted by Gasteiger charge is 2.49. The van der Waals surface area contributed by atoms with E-state index in [1.54, 1.807) is 13.8 Å². The number of carbonyl (C=O) groups excluding carboxylic acids is 2. The largest absolute Gasteiger partial charge is 0.508 e. The number of methoxy groups -OCH3 is 1. The van der Waals surface area contributed by atoms with Crippen molar-refractivity contribution in [3.63, 3.8) is 0 Å². The second-order valence-electron chi connectivity index (χ2n) is 6.66. The molecule has 9 nitrogen and oxygen atoms in total. The number of aromatic hydroxyl groups is 1. The molecule has 4 atom stereocenters. The van der Waals surface area contributed by atoms with Crippen LogP contribution in [0, 0.1) is 0 Å². The average Bonchev–Trinajstić information content (AvgIpc) is 2.94. The standard InChI is InChI=1S/C17H23N3O6S/c1-17(2)12(15(23)24)20-14(27-17)11(16(25)26-3)19-13(22)10(18)8-4-6-9(21)7-5-8/h4-7,10-12,14,20-21H,18H2,1-3H3,(H,19,22)(H,23,24)/t10-,11+,12+,14-/m1/s1. The Morgan fingerprint density at radius 2 is 1.89 bits per heavy atom. The van der Waals surface area contributed by atoms with Gasteiger partial charge >= 0.3 is 11.9 Å². The Hall–Kier alpha value is -2.30. The maximum Gasteiger partial charge on any atom is 0.330 e. The molecule has 0 spiro atoms. The van der Waals surface area contributed by atoms with E-state index in [9.17, 15) is 24.6 Å². The van der Waals surface area contributed by atoms with Gasteiger partial charge in [0.1, 0.15) is 17.8 Å². The molecule has 0 saturated carbocycles. The van der Waals surface area contributed by atoms with Crippen molar-refractivity contribution in [3.05, 3.63) is 29.8 Å². The Morgan fingerprint density at radius 3 is 2.37 bits per heavy atom. The van der Waals surface area contributed by atoms with Gasteiger partial charge < -0.3 is 26.0 Å². The Balaban J connectivity index is 2.17. The predicted octanol–water partition coefficient (Wildman–Crippen LogP) is -0.0559. The Morgan fingerprint density at radius 1 is 1.30 bits per heavy atom. The fraction of sp³-hybridized carbons (Fsp3) is 0.471. The summed E-state index contributed by atoms with van der Waals surface area (Å²) in [6.07, 6.45) is 0. The van der Waals surface area contributed by atoms with E-state index in [-0.39, 0.29) is 5.75 Å². The first kappa shape index (κ1) is 21.0. The summed E-state index contributed by atoms with van der Waals surface area (Å²) >= 11 is 1.23. The van der Waals surface area contributed by atoms with E-state index < -0.39 is 46.1 Å². The molecule has 1 aromatic rings. The summed E-state index contributed by atoms with van der Waals surface area (Å²) in [5, 5.41) is 23.4. The third kappa shape index (κ3) is 4.71. The fourth-order valence-electron chi connectivity index (χ4n) is 2.79. The van der Waals surface area contributed by atoms with E-state index in [1.165, 1.54) is 43.1 Å². The zero-order valence-corrected chi connectivity index (χ0v) is 15.9. The van der Waals surface area contributed by atoms with Gasteiger partial charge in [0.05, 0.1) is 12.5 Å². The van der Waals surface area contributed by atoms with Crippen LogP contribution in [0.25, 0.3) is 0 Å². The maximum atomic E-state index is 12.5. The van der Waals surface area contributed by atoms with E-state index in [2.05, 4.69) is 10.6 Å². The molecule has 1 aliphatic rings. The molecule has 10 heteroatoms. The van der Waals surface area contributed by atoms with Gasteiger partial charge in [-0.1, -0.05) is 12.1 Å². The molecule has 0 bridgehead atoms. The number of hydrogen-bond donors (Lipinski definition) is 5. The van der Waals surface area contributed by atoms with Crippen molar-refractivity contribution in [3.8, 4) is 5.75 Å². The van der Waals surface area contributed by atoms with Crippen molar-refractivity contribution in [1.29, 1.82) is 0 Å². The van der Waals surface area contributed by atoms with Crippen LogP contribution >= 0.6 is 11.8 Å². The highest BCUT2D eigenvalue weighted by molar-refractivity contribution is 8.01. The summed E-state index contributed by atoms with van der Waals surface area (Å²) in [6, 6.07) is 2.69. The lowest BCUT2D eigenvalue weighted by molar-refractivity contribution is -0.146. The van der Waals surface area contributed by atoms with Crippen LogP contribution in [-0.4, -0.2) is 57.4 Å². The first-order valence-corrected chi connectivity index (χ1v) is 9.04. The van der Waals surface area contributed by atoms with Crippen LogP contribution in [-0.2, 0) is 19.1 Å². The summed E-state index contributed by atoms with van der Waals surface area (Å²) in [5.74, 6) is -2.36. The molecule has 1 saturated heterocycles. The number of phenols is 1. The topological polar surface area (TPSA) is 151 Å². The SMILES string of the molecule is COC(=O)[C@@H](NC(=O)[C@H](N)c1ccc(O)cc1)[C@@H]1N[C@@H](C(=O)O)C(C)(C)S1. The molecule has 2 rings (SSSR count). The number of aliphatic carboxylic acids is 1. The monoisotopic (exact) mass is 397 g/mol.